The third-order valence-electron chi connectivity index (χ3n) is 3.30. The van der Waals surface area contributed by atoms with Gasteiger partial charge in [-0.2, -0.15) is 0 Å². The number of carbonyl (C=O) groups is 1. The zero-order valence-corrected chi connectivity index (χ0v) is 10.7. The van der Waals surface area contributed by atoms with Gasteiger partial charge in [-0.25, -0.2) is 8.78 Å². The fourth-order valence-corrected chi connectivity index (χ4v) is 2.11. The lowest BCUT2D eigenvalue weighted by atomic mass is 10.1. The molecule has 1 aromatic rings. The van der Waals surface area contributed by atoms with Crippen LogP contribution in [0.2, 0.25) is 0 Å². The van der Waals surface area contributed by atoms with Crippen LogP contribution in [0.4, 0.5) is 8.78 Å². The summed E-state index contributed by atoms with van der Waals surface area (Å²) >= 11 is 0. The fraction of sp³-hybridized carbons (Fsp3) is 0.500. The van der Waals surface area contributed by atoms with Gasteiger partial charge in [-0.15, -0.1) is 0 Å². The van der Waals surface area contributed by atoms with Crippen molar-refractivity contribution in [3.63, 3.8) is 0 Å². The van der Waals surface area contributed by atoms with Gasteiger partial charge < -0.3 is 10.6 Å². The molecule has 0 atom stereocenters. The molecule has 1 aliphatic carbocycles. The van der Waals surface area contributed by atoms with Crippen molar-refractivity contribution in [2.75, 3.05) is 13.1 Å². The van der Waals surface area contributed by atoms with Crippen LogP contribution in [0.1, 0.15) is 24.8 Å². The molecule has 0 saturated heterocycles. The zero-order chi connectivity index (χ0) is 13.8. The average molecular weight is 268 g/mol. The van der Waals surface area contributed by atoms with Gasteiger partial charge in [-0.1, -0.05) is 6.07 Å². The maximum Gasteiger partial charge on any atom is 0.227 e. The molecule has 1 amide bonds. The summed E-state index contributed by atoms with van der Waals surface area (Å²) in [6, 6.07) is 3.88. The SMILES string of the molecule is NCCCN(C(=O)Cc1c(F)cccc1F)C1CC1. The first-order chi connectivity index (χ1) is 9.13. The summed E-state index contributed by atoms with van der Waals surface area (Å²) in [6.07, 6.45) is 2.42. The van der Waals surface area contributed by atoms with Crippen LogP contribution in [0, 0.1) is 11.6 Å². The van der Waals surface area contributed by atoms with Crippen molar-refractivity contribution in [2.24, 2.45) is 5.73 Å². The van der Waals surface area contributed by atoms with Crippen LogP contribution in [-0.4, -0.2) is 29.9 Å². The standard InChI is InChI=1S/C14H18F2N2O/c15-12-3-1-4-13(16)11(12)9-14(19)18(8-2-7-17)10-5-6-10/h1,3-4,10H,2,5-9,17H2. The zero-order valence-electron chi connectivity index (χ0n) is 10.7. The lowest BCUT2D eigenvalue weighted by Crippen LogP contribution is -2.36. The lowest BCUT2D eigenvalue weighted by molar-refractivity contribution is -0.131. The molecule has 19 heavy (non-hydrogen) atoms. The number of hydrogen-bond acceptors (Lipinski definition) is 2. The minimum absolute atomic E-state index is 0.147. The van der Waals surface area contributed by atoms with Crippen LogP contribution < -0.4 is 5.73 Å². The lowest BCUT2D eigenvalue weighted by Gasteiger charge is -2.22. The van der Waals surface area contributed by atoms with E-state index in [4.69, 9.17) is 5.73 Å². The molecule has 1 aliphatic rings. The number of rotatable bonds is 6. The third-order valence-corrected chi connectivity index (χ3v) is 3.30. The number of nitrogens with zero attached hydrogens (tertiary/aromatic N) is 1. The number of nitrogens with two attached hydrogens (primary N) is 1. The fourth-order valence-electron chi connectivity index (χ4n) is 2.11. The molecule has 0 radical (unpaired) electrons. The van der Waals surface area contributed by atoms with Crippen molar-refractivity contribution in [3.05, 3.63) is 35.4 Å². The molecule has 5 heteroatoms. The molecule has 2 N–H and O–H groups in total. The summed E-state index contributed by atoms with van der Waals surface area (Å²) in [6.45, 7) is 1.07. The molecule has 1 aromatic carbocycles. The van der Waals surface area contributed by atoms with E-state index in [0.717, 1.165) is 12.8 Å². The topological polar surface area (TPSA) is 46.3 Å². The Labute approximate surface area is 111 Å². The first kappa shape index (κ1) is 13.9. The summed E-state index contributed by atoms with van der Waals surface area (Å²) in [7, 11) is 0. The Morgan fingerprint density at radius 2 is 1.95 bits per heavy atom. The van der Waals surface area contributed by atoms with Crippen LogP contribution in [0.5, 0.6) is 0 Å². The highest BCUT2D eigenvalue weighted by Gasteiger charge is 2.32. The number of hydrogen-bond donors (Lipinski definition) is 1. The molecule has 3 nitrogen and oxygen atoms in total. The molecule has 104 valence electrons. The van der Waals surface area contributed by atoms with E-state index < -0.39 is 11.6 Å². The largest absolute Gasteiger partial charge is 0.339 e. The van der Waals surface area contributed by atoms with Crippen LogP contribution >= 0.6 is 0 Å². The number of halogens is 2. The monoisotopic (exact) mass is 268 g/mol. The quantitative estimate of drug-likeness (QED) is 0.855. The first-order valence-corrected chi connectivity index (χ1v) is 6.56. The van der Waals surface area contributed by atoms with Crippen LogP contribution in [0.25, 0.3) is 0 Å². The van der Waals surface area contributed by atoms with Crippen molar-refractivity contribution in [2.45, 2.75) is 31.7 Å². The number of carbonyl (C=O) groups excluding carboxylic acids is 1. The molecule has 0 bridgehead atoms. The van der Waals surface area contributed by atoms with Gasteiger partial charge >= 0.3 is 0 Å². The molecule has 0 spiro atoms. The average Bonchev–Trinajstić information content (AvgIpc) is 3.19. The molecule has 1 saturated carbocycles. The molecule has 0 aliphatic heterocycles. The molecule has 1 fully saturated rings. The van der Waals surface area contributed by atoms with Gasteiger partial charge in [0.05, 0.1) is 6.42 Å². The summed E-state index contributed by atoms with van der Waals surface area (Å²) in [5.74, 6) is -1.55. The molecular weight excluding hydrogens is 250 g/mol. The first-order valence-electron chi connectivity index (χ1n) is 6.56. The van der Waals surface area contributed by atoms with E-state index in [1.54, 1.807) is 4.90 Å². The van der Waals surface area contributed by atoms with Gasteiger partial charge in [0.15, 0.2) is 0 Å². The molecular formula is C14H18F2N2O. The predicted octanol–water partition coefficient (Wildman–Crippen LogP) is 1.85. The molecule has 0 unspecified atom stereocenters. The van der Waals surface area contributed by atoms with E-state index in [9.17, 15) is 13.6 Å². The summed E-state index contributed by atoms with van der Waals surface area (Å²) in [5.41, 5.74) is 5.29. The smallest absolute Gasteiger partial charge is 0.227 e. The number of benzene rings is 1. The summed E-state index contributed by atoms with van der Waals surface area (Å²) in [4.78, 5) is 13.9. The van der Waals surface area contributed by atoms with Gasteiger partial charge in [0, 0.05) is 18.2 Å². The van der Waals surface area contributed by atoms with E-state index in [0.29, 0.717) is 19.5 Å². The normalized spacial score (nSPS) is 14.5. The van der Waals surface area contributed by atoms with Gasteiger partial charge in [0.25, 0.3) is 0 Å². The Morgan fingerprint density at radius 3 is 2.47 bits per heavy atom. The Hall–Kier alpha value is -1.49. The van der Waals surface area contributed by atoms with Crippen LogP contribution in [-0.2, 0) is 11.2 Å². The van der Waals surface area contributed by atoms with E-state index in [1.165, 1.54) is 18.2 Å². The molecule has 0 heterocycles. The second-order valence-electron chi connectivity index (χ2n) is 4.84. The minimum atomic E-state index is -0.664. The highest BCUT2D eigenvalue weighted by molar-refractivity contribution is 5.79. The minimum Gasteiger partial charge on any atom is -0.339 e. The van der Waals surface area contributed by atoms with E-state index in [1.807, 2.05) is 0 Å². The highest BCUT2D eigenvalue weighted by atomic mass is 19.1. The van der Waals surface area contributed by atoms with Gasteiger partial charge in [-0.3, -0.25) is 4.79 Å². The second-order valence-corrected chi connectivity index (χ2v) is 4.84. The Bertz CT molecular complexity index is 441. The number of amides is 1. The van der Waals surface area contributed by atoms with Gasteiger partial charge in [0.2, 0.25) is 5.91 Å². The molecule has 2 rings (SSSR count). The maximum absolute atomic E-state index is 13.5. The Morgan fingerprint density at radius 1 is 1.32 bits per heavy atom. The predicted molar refractivity (Wildman–Crippen MR) is 68.5 cm³/mol. The van der Waals surface area contributed by atoms with Crippen molar-refractivity contribution in [3.8, 4) is 0 Å². The van der Waals surface area contributed by atoms with Crippen molar-refractivity contribution in [1.29, 1.82) is 0 Å². The Kier molecular flexibility index (Phi) is 4.47. The van der Waals surface area contributed by atoms with Crippen molar-refractivity contribution >= 4 is 5.91 Å². The van der Waals surface area contributed by atoms with Crippen LogP contribution in [0.3, 0.4) is 0 Å². The van der Waals surface area contributed by atoms with Crippen LogP contribution in [0.15, 0.2) is 18.2 Å². The van der Waals surface area contributed by atoms with Gasteiger partial charge in [-0.05, 0) is 37.9 Å². The van der Waals surface area contributed by atoms with E-state index in [-0.39, 0.29) is 23.9 Å². The van der Waals surface area contributed by atoms with Crippen molar-refractivity contribution < 1.29 is 13.6 Å². The van der Waals surface area contributed by atoms with E-state index >= 15 is 0 Å². The highest BCUT2D eigenvalue weighted by Crippen LogP contribution is 2.28. The summed E-state index contributed by atoms with van der Waals surface area (Å²) in [5, 5.41) is 0. The summed E-state index contributed by atoms with van der Waals surface area (Å²) < 4.78 is 27.0. The van der Waals surface area contributed by atoms with Gasteiger partial charge in [0.1, 0.15) is 11.6 Å². The van der Waals surface area contributed by atoms with E-state index in [2.05, 4.69) is 0 Å². The van der Waals surface area contributed by atoms with Crippen molar-refractivity contribution in [1.82, 2.24) is 4.90 Å². The molecule has 0 aromatic heterocycles. The third kappa shape index (κ3) is 3.50. The second kappa shape index (κ2) is 6.10. The maximum atomic E-state index is 13.5. The Balaban J connectivity index is 2.06.